The first-order valence-electron chi connectivity index (χ1n) is 8.94. The largest absolute Gasteiger partial charge is 0.340 e. The van der Waals surface area contributed by atoms with E-state index in [-0.39, 0.29) is 23.4 Å². The third-order valence-corrected chi connectivity index (χ3v) is 4.35. The summed E-state index contributed by atoms with van der Waals surface area (Å²) in [6, 6.07) is 8.77. The number of aromatic nitrogens is 2. The van der Waals surface area contributed by atoms with Crippen molar-refractivity contribution < 1.29 is 14.4 Å². The summed E-state index contributed by atoms with van der Waals surface area (Å²) >= 11 is 0. The zero-order chi connectivity index (χ0) is 20.1. The molecule has 1 aliphatic heterocycles. The van der Waals surface area contributed by atoms with Crippen LogP contribution in [-0.2, 0) is 9.59 Å². The van der Waals surface area contributed by atoms with E-state index in [1.165, 1.54) is 20.2 Å². The topological polar surface area (TPSA) is 108 Å². The Morgan fingerprint density at radius 1 is 0.929 bits per heavy atom. The van der Waals surface area contributed by atoms with Crippen LogP contribution in [0.5, 0.6) is 0 Å². The first-order chi connectivity index (χ1) is 13.4. The van der Waals surface area contributed by atoms with Crippen LogP contribution in [0.3, 0.4) is 0 Å². The molecule has 0 unspecified atom stereocenters. The number of rotatable bonds is 4. The van der Waals surface area contributed by atoms with E-state index in [2.05, 4.69) is 20.6 Å². The molecule has 1 saturated heterocycles. The molecule has 1 fully saturated rings. The van der Waals surface area contributed by atoms with Gasteiger partial charge in [-0.1, -0.05) is 6.07 Å². The van der Waals surface area contributed by atoms with Crippen molar-refractivity contribution in [2.75, 3.05) is 36.8 Å². The molecule has 3 rings (SSSR count). The summed E-state index contributed by atoms with van der Waals surface area (Å²) in [6.45, 7) is 4.97. The van der Waals surface area contributed by atoms with Gasteiger partial charge in [0.1, 0.15) is 17.8 Å². The van der Waals surface area contributed by atoms with E-state index >= 15 is 0 Å². The molecule has 1 aromatic carbocycles. The Labute approximate surface area is 162 Å². The number of carbonyl (C=O) groups excluding carboxylic acids is 3. The van der Waals surface area contributed by atoms with E-state index in [9.17, 15) is 14.4 Å². The lowest BCUT2D eigenvalue weighted by Crippen LogP contribution is -2.50. The van der Waals surface area contributed by atoms with E-state index in [4.69, 9.17) is 0 Å². The molecule has 0 saturated carbocycles. The molecule has 0 atom stereocenters. The molecule has 0 radical (unpaired) electrons. The molecular formula is C19H22N6O3. The van der Waals surface area contributed by atoms with Gasteiger partial charge in [0.2, 0.25) is 11.8 Å². The van der Waals surface area contributed by atoms with Crippen molar-refractivity contribution in [2.45, 2.75) is 13.8 Å². The van der Waals surface area contributed by atoms with Crippen molar-refractivity contribution in [1.29, 1.82) is 0 Å². The van der Waals surface area contributed by atoms with Crippen LogP contribution in [0.25, 0.3) is 0 Å². The van der Waals surface area contributed by atoms with Crippen molar-refractivity contribution in [1.82, 2.24) is 19.8 Å². The summed E-state index contributed by atoms with van der Waals surface area (Å²) in [5.41, 5.74) is 1.66. The summed E-state index contributed by atoms with van der Waals surface area (Å²) in [5, 5.41) is 5.83. The SMILES string of the molecule is CC(=O)Nc1cccc(Nc2cc(C(=O)N3CCN(C(C)=O)CC3)ncn2)c1. The van der Waals surface area contributed by atoms with Gasteiger partial charge in [0.15, 0.2) is 0 Å². The summed E-state index contributed by atoms with van der Waals surface area (Å²) in [6.07, 6.45) is 1.33. The van der Waals surface area contributed by atoms with Crippen LogP contribution < -0.4 is 10.6 Å². The van der Waals surface area contributed by atoms with Crippen molar-refractivity contribution in [2.24, 2.45) is 0 Å². The molecule has 3 amide bonds. The average molecular weight is 382 g/mol. The summed E-state index contributed by atoms with van der Waals surface area (Å²) < 4.78 is 0. The number of amides is 3. The number of anilines is 3. The fourth-order valence-electron chi connectivity index (χ4n) is 2.95. The second-order valence-corrected chi connectivity index (χ2v) is 6.47. The zero-order valence-electron chi connectivity index (χ0n) is 15.8. The molecule has 0 spiro atoms. The molecule has 2 heterocycles. The number of hydrogen-bond acceptors (Lipinski definition) is 6. The van der Waals surface area contributed by atoms with Gasteiger partial charge in [0, 0.05) is 57.5 Å². The van der Waals surface area contributed by atoms with Gasteiger partial charge in [-0.2, -0.15) is 0 Å². The Balaban J connectivity index is 1.68. The number of piperazine rings is 1. The van der Waals surface area contributed by atoms with Crippen LogP contribution in [0.15, 0.2) is 36.7 Å². The lowest BCUT2D eigenvalue weighted by molar-refractivity contribution is -0.130. The number of carbonyl (C=O) groups is 3. The van der Waals surface area contributed by atoms with Crippen LogP contribution in [-0.4, -0.2) is 63.7 Å². The summed E-state index contributed by atoms with van der Waals surface area (Å²) in [5.74, 6) is 0.139. The third kappa shape index (κ3) is 4.81. The Morgan fingerprint density at radius 3 is 2.29 bits per heavy atom. The highest BCUT2D eigenvalue weighted by Crippen LogP contribution is 2.19. The zero-order valence-corrected chi connectivity index (χ0v) is 15.8. The second kappa shape index (κ2) is 8.47. The molecule has 2 aromatic rings. The molecule has 0 bridgehead atoms. The maximum absolute atomic E-state index is 12.7. The van der Waals surface area contributed by atoms with Crippen LogP contribution in [0.4, 0.5) is 17.2 Å². The monoisotopic (exact) mass is 382 g/mol. The van der Waals surface area contributed by atoms with Gasteiger partial charge in [-0.15, -0.1) is 0 Å². The van der Waals surface area contributed by atoms with Crippen molar-refractivity contribution >= 4 is 34.9 Å². The predicted octanol–water partition coefficient (Wildman–Crippen LogP) is 1.48. The van der Waals surface area contributed by atoms with Crippen molar-refractivity contribution in [3.8, 4) is 0 Å². The maximum atomic E-state index is 12.7. The van der Waals surface area contributed by atoms with Crippen LogP contribution in [0.2, 0.25) is 0 Å². The summed E-state index contributed by atoms with van der Waals surface area (Å²) in [7, 11) is 0. The van der Waals surface area contributed by atoms with E-state index in [0.717, 1.165) is 5.69 Å². The van der Waals surface area contributed by atoms with Crippen LogP contribution in [0.1, 0.15) is 24.3 Å². The highest BCUT2D eigenvalue weighted by molar-refractivity contribution is 5.93. The van der Waals surface area contributed by atoms with Crippen molar-refractivity contribution in [3.63, 3.8) is 0 Å². The molecule has 1 aliphatic rings. The van der Waals surface area contributed by atoms with Gasteiger partial charge in [-0.25, -0.2) is 9.97 Å². The predicted molar refractivity (Wildman–Crippen MR) is 104 cm³/mol. The van der Waals surface area contributed by atoms with Gasteiger partial charge < -0.3 is 20.4 Å². The Morgan fingerprint density at radius 2 is 1.61 bits per heavy atom. The minimum absolute atomic E-state index is 0.0158. The Kier molecular flexibility index (Phi) is 5.83. The molecule has 1 aromatic heterocycles. The molecule has 9 heteroatoms. The quantitative estimate of drug-likeness (QED) is 0.829. The lowest BCUT2D eigenvalue weighted by atomic mass is 10.2. The Hall–Kier alpha value is -3.49. The first-order valence-corrected chi connectivity index (χ1v) is 8.94. The minimum Gasteiger partial charge on any atom is -0.340 e. The number of nitrogens with zero attached hydrogens (tertiary/aromatic N) is 4. The highest BCUT2D eigenvalue weighted by atomic mass is 16.2. The van der Waals surface area contributed by atoms with Crippen molar-refractivity contribution in [3.05, 3.63) is 42.4 Å². The highest BCUT2D eigenvalue weighted by Gasteiger charge is 2.24. The van der Waals surface area contributed by atoms with E-state index in [1.807, 2.05) is 6.07 Å². The molecule has 28 heavy (non-hydrogen) atoms. The molecule has 0 aliphatic carbocycles. The smallest absolute Gasteiger partial charge is 0.272 e. The van der Waals surface area contributed by atoms with E-state index in [1.54, 1.807) is 34.1 Å². The fraction of sp³-hybridized carbons (Fsp3) is 0.316. The third-order valence-electron chi connectivity index (χ3n) is 4.35. The van der Waals surface area contributed by atoms with Gasteiger partial charge in [-0.05, 0) is 18.2 Å². The number of nitrogens with one attached hydrogen (secondary N) is 2. The van der Waals surface area contributed by atoms with Crippen LogP contribution in [0, 0.1) is 0 Å². The average Bonchev–Trinajstić information content (AvgIpc) is 2.67. The molecule has 146 valence electrons. The molecule has 2 N–H and O–H groups in total. The second-order valence-electron chi connectivity index (χ2n) is 6.47. The molecule has 9 nitrogen and oxygen atoms in total. The van der Waals surface area contributed by atoms with Crippen LogP contribution >= 0.6 is 0 Å². The van der Waals surface area contributed by atoms with Gasteiger partial charge >= 0.3 is 0 Å². The normalized spacial score (nSPS) is 13.8. The van der Waals surface area contributed by atoms with Gasteiger partial charge in [0.25, 0.3) is 5.91 Å². The lowest BCUT2D eigenvalue weighted by Gasteiger charge is -2.34. The maximum Gasteiger partial charge on any atom is 0.272 e. The Bertz CT molecular complexity index is 893. The van der Waals surface area contributed by atoms with Gasteiger partial charge in [0.05, 0.1) is 0 Å². The first kappa shape index (κ1) is 19.3. The standard InChI is InChI=1S/C19H22N6O3/c1-13(26)22-15-4-3-5-16(10-15)23-18-11-17(20-12-21-18)19(28)25-8-6-24(7-9-25)14(2)27/h3-5,10-12H,6-9H2,1-2H3,(H,22,26)(H,20,21,23). The summed E-state index contributed by atoms with van der Waals surface area (Å²) in [4.78, 5) is 47.0. The molecular weight excluding hydrogens is 360 g/mol. The number of hydrogen-bond donors (Lipinski definition) is 2. The minimum atomic E-state index is -0.194. The van der Waals surface area contributed by atoms with E-state index in [0.29, 0.717) is 37.7 Å². The fourth-order valence-corrected chi connectivity index (χ4v) is 2.95. The van der Waals surface area contributed by atoms with E-state index < -0.39 is 0 Å². The number of benzene rings is 1. The van der Waals surface area contributed by atoms with Gasteiger partial charge in [-0.3, -0.25) is 14.4 Å².